The third-order valence-electron chi connectivity index (χ3n) is 4.44. The van der Waals surface area contributed by atoms with E-state index in [2.05, 4.69) is 16.9 Å². The van der Waals surface area contributed by atoms with Gasteiger partial charge in [-0.2, -0.15) is 0 Å². The van der Waals surface area contributed by atoms with E-state index in [1.807, 2.05) is 55.7 Å². The summed E-state index contributed by atoms with van der Waals surface area (Å²) in [4.78, 5) is 21.1. The first-order valence-electron chi connectivity index (χ1n) is 8.77. The van der Waals surface area contributed by atoms with Gasteiger partial charge in [0.05, 0.1) is 12.5 Å². The van der Waals surface area contributed by atoms with E-state index in [1.54, 1.807) is 0 Å². The minimum atomic E-state index is -0.301. The zero-order valence-corrected chi connectivity index (χ0v) is 16.2. The lowest BCUT2D eigenvalue weighted by Crippen LogP contribution is -2.13. The normalized spacial score (nSPS) is 12.3. The van der Waals surface area contributed by atoms with Gasteiger partial charge in [0, 0.05) is 12.1 Å². The van der Waals surface area contributed by atoms with Crippen molar-refractivity contribution in [3.05, 3.63) is 52.4 Å². The number of esters is 1. The minimum absolute atomic E-state index is 0.216. The molecule has 0 radical (unpaired) electrons. The number of fused-ring (bicyclic) bond motifs is 1. The Hall–Kier alpha value is -2.40. The summed E-state index contributed by atoms with van der Waals surface area (Å²) in [6, 6.07) is 9.79. The Morgan fingerprint density at radius 3 is 2.54 bits per heavy atom. The van der Waals surface area contributed by atoms with Crippen molar-refractivity contribution >= 4 is 28.7 Å². The van der Waals surface area contributed by atoms with Gasteiger partial charge in [-0.3, -0.25) is 9.36 Å². The number of carbonyl (C=O) groups is 1. The average molecular weight is 372 g/mol. The second-order valence-corrected chi connectivity index (χ2v) is 6.58. The molecule has 0 aliphatic heterocycles. The molecule has 136 valence electrons. The third-order valence-corrected chi connectivity index (χ3v) is 4.82. The average Bonchev–Trinajstić information content (AvgIpc) is 2.99. The molecule has 3 aromatic rings. The number of rotatable bonds is 5. The molecule has 1 atom stereocenters. The Morgan fingerprint density at radius 1 is 1.23 bits per heavy atom. The van der Waals surface area contributed by atoms with Crippen LogP contribution in [0.15, 0.2) is 30.3 Å². The molecule has 0 amide bonds. The summed E-state index contributed by atoms with van der Waals surface area (Å²) in [6.07, 6.45) is 0.772. The molecule has 2 aromatic heterocycles. The summed E-state index contributed by atoms with van der Waals surface area (Å²) in [7, 11) is 0. The number of halogens is 1. The number of ether oxygens (including phenoxy) is 1. The SMILES string of the molecule is CCOC(=O)C(C)c1ccc(-n2c(CC)nc3cc(C)c(Cl)nc32)cc1. The van der Waals surface area contributed by atoms with Crippen LogP contribution in [-0.2, 0) is 16.0 Å². The van der Waals surface area contributed by atoms with E-state index in [0.717, 1.165) is 40.2 Å². The number of benzene rings is 1. The first-order chi connectivity index (χ1) is 12.5. The Balaban J connectivity index is 2.04. The highest BCUT2D eigenvalue weighted by molar-refractivity contribution is 6.30. The summed E-state index contributed by atoms with van der Waals surface area (Å²) in [6.45, 7) is 8.02. The molecule has 0 spiro atoms. The molecule has 0 saturated heterocycles. The van der Waals surface area contributed by atoms with Crippen molar-refractivity contribution in [2.75, 3.05) is 6.61 Å². The van der Waals surface area contributed by atoms with Gasteiger partial charge < -0.3 is 4.74 Å². The maximum Gasteiger partial charge on any atom is 0.313 e. The van der Waals surface area contributed by atoms with Crippen LogP contribution in [-0.4, -0.2) is 27.1 Å². The van der Waals surface area contributed by atoms with Crippen LogP contribution in [0.5, 0.6) is 0 Å². The summed E-state index contributed by atoms with van der Waals surface area (Å²) in [5.74, 6) is 0.399. The van der Waals surface area contributed by atoms with Crippen LogP contribution >= 0.6 is 11.6 Å². The van der Waals surface area contributed by atoms with Gasteiger partial charge in [-0.25, -0.2) is 9.97 Å². The molecule has 6 heteroatoms. The van der Waals surface area contributed by atoms with Gasteiger partial charge in [-0.05, 0) is 50.1 Å². The predicted molar refractivity (Wildman–Crippen MR) is 103 cm³/mol. The van der Waals surface area contributed by atoms with Crippen molar-refractivity contribution in [1.82, 2.24) is 14.5 Å². The van der Waals surface area contributed by atoms with Gasteiger partial charge in [-0.15, -0.1) is 0 Å². The smallest absolute Gasteiger partial charge is 0.313 e. The lowest BCUT2D eigenvalue weighted by molar-refractivity contribution is -0.144. The molecule has 26 heavy (non-hydrogen) atoms. The van der Waals surface area contributed by atoms with Gasteiger partial charge in [0.15, 0.2) is 5.65 Å². The van der Waals surface area contributed by atoms with Crippen LogP contribution in [0.1, 0.15) is 43.6 Å². The minimum Gasteiger partial charge on any atom is -0.466 e. The number of imidazole rings is 1. The maximum atomic E-state index is 11.9. The van der Waals surface area contributed by atoms with Crippen LogP contribution in [0.3, 0.4) is 0 Å². The predicted octanol–water partition coefficient (Wildman–Crippen LogP) is 4.61. The zero-order chi connectivity index (χ0) is 18.8. The highest BCUT2D eigenvalue weighted by Crippen LogP contribution is 2.26. The van der Waals surface area contributed by atoms with Crippen molar-refractivity contribution in [2.45, 2.75) is 40.0 Å². The zero-order valence-electron chi connectivity index (χ0n) is 15.4. The lowest BCUT2D eigenvalue weighted by Gasteiger charge is -2.13. The molecule has 0 saturated carbocycles. The second-order valence-electron chi connectivity index (χ2n) is 6.22. The Kier molecular flexibility index (Phi) is 5.28. The molecular formula is C20H22ClN3O2. The summed E-state index contributed by atoms with van der Waals surface area (Å²) >= 11 is 6.23. The van der Waals surface area contributed by atoms with E-state index in [0.29, 0.717) is 11.8 Å². The summed E-state index contributed by atoms with van der Waals surface area (Å²) in [5, 5.41) is 0.480. The Bertz CT molecular complexity index is 948. The standard InChI is InChI=1S/C20H22ClN3O2/c1-5-17-22-16-11-12(3)18(21)23-19(16)24(17)15-9-7-14(8-10-15)13(4)20(25)26-6-2/h7-11,13H,5-6H2,1-4H3. The number of hydrogen-bond donors (Lipinski definition) is 0. The van der Waals surface area contributed by atoms with E-state index in [4.69, 9.17) is 16.3 Å². The topological polar surface area (TPSA) is 57.0 Å². The van der Waals surface area contributed by atoms with E-state index < -0.39 is 0 Å². The molecule has 1 unspecified atom stereocenters. The van der Waals surface area contributed by atoms with Gasteiger partial charge in [0.2, 0.25) is 0 Å². The number of hydrogen-bond acceptors (Lipinski definition) is 4. The molecule has 5 nitrogen and oxygen atoms in total. The number of pyridine rings is 1. The van der Waals surface area contributed by atoms with E-state index in [1.165, 1.54) is 0 Å². The van der Waals surface area contributed by atoms with Crippen LogP contribution in [0.4, 0.5) is 0 Å². The largest absolute Gasteiger partial charge is 0.466 e. The van der Waals surface area contributed by atoms with E-state index in [-0.39, 0.29) is 11.9 Å². The van der Waals surface area contributed by atoms with Crippen molar-refractivity contribution in [3.8, 4) is 5.69 Å². The number of carbonyl (C=O) groups excluding carboxylic acids is 1. The number of nitrogens with zero attached hydrogens (tertiary/aromatic N) is 3. The van der Waals surface area contributed by atoms with Gasteiger partial charge in [0.1, 0.15) is 16.5 Å². The lowest BCUT2D eigenvalue weighted by atomic mass is 10.0. The molecular weight excluding hydrogens is 350 g/mol. The monoisotopic (exact) mass is 371 g/mol. The highest BCUT2D eigenvalue weighted by atomic mass is 35.5. The fourth-order valence-corrected chi connectivity index (χ4v) is 3.08. The number of aryl methyl sites for hydroxylation is 2. The van der Waals surface area contributed by atoms with Crippen LogP contribution in [0.2, 0.25) is 5.15 Å². The Morgan fingerprint density at radius 2 is 1.92 bits per heavy atom. The van der Waals surface area contributed by atoms with Crippen molar-refractivity contribution < 1.29 is 9.53 Å². The van der Waals surface area contributed by atoms with Crippen molar-refractivity contribution in [2.24, 2.45) is 0 Å². The van der Waals surface area contributed by atoms with Crippen LogP contribution in [0.25, 0.3) is 16.9 Å². The van der Waals surface area contributed by atoms with Crippen molar-refractivity contribution in [3.63, 3.8) is 0 Å². The van der Waals surface area contributed by atoms with Gasteiger partial charge in [0.25, 0.3) is 0 Å². The highest BCUT2D eigenvalue weighted by Gasteiger charge is 2.18. The second kappa shape index (κ2) is 7.46. The number of aromatic nitrogens is 3. The first kappa shape index (κ1) is 18.4. The molecule has 0 fully saturated rings. The molecule has 2 heterocycles. The molecule has 0 N–H and O–H groups in total. The first-order valence-corrected chi connectivity index (χ1v) is 9.15. The molecule has 3 rings (SSSR count). The van der Waals surface area contributed by atoms with Crippen LogP contribution < -0.4 is 0 Å². The summed E-state index contributed by atoms with van der Waals surface area (Å²) < 4.78 is 7.11. The molecule has 0 aliphatic carbocycles. The molecule has 1 aromatic carbocycles. The molecule has 0 aliphatic rings. The molecule has 0 bridgehead atoms. The van der Waals surface area contributed by atoms with E-state index in [9.17, 15) is 4.79 Å². The van der Waals surface area contributed by atoms with Gasteiger partial charge in [-0.1, -0.05) is 30.7 Å². The fraction of sp³-hybridized carbons (Fsp3) is 0.350. The van der Waals surface area contributed by atoms with E-state index >= 15 is 0 Å². The quantitative estimate of drug-likeness (QED) is 0.485. The van der Waals surface area contributed by atoms with Gasteiger partial charge >= 0.3 is 5.97 Å². The van der Waals surface area contributed by atoms with Crippen LogP contribution in [0, 0.1) is 6.92 Å². The fourth-order valence-electron chi connectivity index (χ4n) is 2.95. The summed E-state index contributed by atoms with van der Waals surface area (Å²) in [5.41, 5.74) is 4.33. The maximum absolute atomic E-state index is 11.9. The Labute approximate surface area is 158 Å². The third kappa shape index (κ3) is 3.31. The van der Waals surface area contributed by atoms with Crippen molar-refractivity contribution in [1.29, 1.82) is 0 Å².